The summed E-state index contributed by atoms with van der Waals surface area (Å²) in [5, 5.41) is 5.58. The summed E-state index contributed by atoms with van der Waals surface area (Å²) >= 11 is 0. The van der Waals surface area contributed by atoms with Crippen LogP contribution in [0.25, 0.3) is 11.1 Å². The first kappa shape index (κ1) is 22.8. The van der Waals surface area contributed by atoms with Crippen LogP contribution in [0.15, 0.2) is 73.3 Å². The van der Waals surface area contributed by atoms with Crippen molar-refractivity contribution < 1.29 is 18.0 Å². The molecule has 2 N–H and O–H groups in total. The number of rotatable bonds is 6. The molecule has 0 saturated carbocycles. The first-order chi connectivity index (χ1) is 16.3. The Bertz CT molecular complexity index is 1260. The second kappa shape index (κ2) is 9.65. The van der Waals surface area contributed by atoms with Gasteiger partial charge in [0.2, 0.25) is 11.9 Å². The second-order valence-corrected chi connectivity index (χ2v) is 7.46. The number of carbonyl (C=O) groups is 1. The Balaban J connectivity index is 1.34. The summed E-state index contributed by atoms with van der Waals surface area (Å²) < 4.78 is 37.8. The smallest absolute Gasteiger partial charge is 0.323 e. The predicted octanol–water partition coefficient (Wildman–Crippen LogP) is 5.19. The third-order valence-electron chi connectivity index (χ3n) is 4.83. The summed E-state index contributed by atoms with van der Waals surface area (Å²) in [7, 11) is 0. The minimum atomic E-state index is -4.47. The Kier molecular flexibility index (Phi) is 6.48. The molecule has 7 nitrogen and oxygen atoms in total. The molecule has 3 heterocycles. The van der Waals surface area contributed by atoms with Crippen molar-refractivity contribution >= 4 is 23.4 Å². The third kappa shape index (κ3) is 5.91. The standard InChI is InChI=1S/C24H19F3N6O/c1-15-2-8-20(14-28-15)32-23-30-11-18(12-31-23)17-5-3-16(4-6-17)10-22(34)33-21-9-7-19(13-29-21)24(25,26)27/h2-9,11-14H,10H2,1H3,(H,29,33,34)(H,30,31,32). The van der Waals surface area contributed by atoms with Crippen LogP contribution in [0.2, 0.25) is 0 Å². The summed E-state index contributed by atoms with van der Waals surface area (Å²) in [6, 6.07) is 13.0. The number of halogens is 3. The molecule has 4 aromatic rings. The fraction of sp³-hybridized carbons (Fsp3) is 0.125. The monoisotopic (exact) mass is 464 g/mol. The van der Waals surface area contributed by atoms with E-state index in [1.165, 1.54) is 0 Å². The minimum Gasteiger partial charge on any atom is -0.323 e. The zero-order chi connectivity index (χ0) is 24.1. The van der Waals surface area contributed by atoms with Gasteiger partial charge in [-0.2, -0.15) is 13.2 Å². The SMILES string of the molecule is Cc1ccc(Nc2ncc(-c3ccc(CC(=O)Nc4ccc(C(F)(F)F)cn4)cc3)cn2)cn1. The molecule has 34 heavy (non-hydrogen) atoms. The van der Waals surface area contributed by atoms with Crippen LogP contribution in [-0.2, 0) is 17.4 Å². The van der Waals surface area contributed by atoms with Crippen LogP contribution in [0, 0.1) is 6.92 Å². The van der Waals surface area contributed by atoms with Crippen LogP contribution in [0.1, 0.15) is 16.8 Å². The normalized spacial score (nSPS) is 11.2. The fourth-order valence-corrected chi connectivity index (χ4v) is 3.04. The number of alkyl halides is 3. The summed E-state index contributed by atoms with van der Waals surface area (Å²) in [6.45, 7) is 1.91. The predicted molar refractivity (Wildman–Crippen MR) is 121 cm³/mol. The number of nitrogens with one attached hydrogen (secondary N) is 2. The summed E-state index contributed by atoms with van der Waals surface area (Å²) in [5.74, 6) is 0.117. The molecule has 0 atom stereocenters. The van der Waals surface area contributed by atoms with E-state index in [9.17, 15) is 18.0 Å². The van der Waals surface area contributed by atoms with Crippen molar-refractivity contribution in [3.63, 3.8) is 0 Å². The largest absolute Gasteiger partial charge is 0.417 e. The number of benzene rings is 1. The number of amides is 1. The molecule has 0 aliphatic carbocycles. The molecule has 4 rings (SSSR count). The number of hydrogen-bond acceptors (Lipinski definition) is 6. The van der Waals surface area contributed by atoms with E-state index in [4.69, 9.17) is 0 Å². The molecule has 0 spiro atoms. The molecule has 0 aliphatic heterocycles. The molecule has 0 bridgehead atoms. The van der Waals surface area contributed by atoms with E-state index < -0.39 is 11.7 Å². The summed E-state index contributed by atoms with van der Waals surface area (Å²) in [4.78, 5) is 28.7. The molecule has 10 heteroatoms. The van der Waals surface area contributed by atoms with Gasteiger partial charge in [0.15, 0.2) is 0 Å². The van der Waals surface area contributed by atoms with Crippen molar-refractivity contribution in [1.29, 1.82) is 0 Å². The first-order valence-corrected chi connectivity index (χ1v) is 10.2. The highest BCUT2D eigenvalue weighted by Gasteiger charge is 2.30. The van der Waals surface area contributed by atoms with E-state index in [1.807, 2.05) is 31.2 Å². The van der Waals surface area contributed by atoms with Crippen molar-refractivity contribution in [3.05, 3.63) is 90.1 Å². The molecule has 0 saturated heterocycles. The number of pyridine rings is 2. The molecule has 172 valence electrons. The maximum Gasteiger partial charge on any atom is 0.417 e. The van der Waals surface area contributed by atoms with Crippen molar-refractivity contribution in [3.8, 4) is 11.1 Å². The molecule has 1 amide bonds. The van der Waals surface area contributed by atoms with Crippen molar-refractivity contribution in [2.45, 2.75) is 19.5 Å². The Morgan fingerprint density at radius 1 is 0.824 bits per heavy atom. The summed E-state index contributed by atoms with van der Waals surface area (Å²) in [6.07, 6.45) is 1.34. The van der Waals surface area contributed by atoms with Crippen LogP contribution in [-0.4, -0.2) is 25.8 Å². The second-order valence-electron chi connectivity index (χ2n) is 7.46. The number of aromatic nitrogens is 4. The van der Waals surface area contributed by atoms with Crippen molar-refractivity contribution in [2.24, 2.45) is 0 Å². The van der Waals surface area contributed by atoms with Crippen molar-refractivity contribution in [2.75, 3.05) is 10.6 Å². The number of hydrogen-bond donors (Lipinski definition) is 2. The van der Waals surface area contributed by atoms with Crippen LogP contribution < -0.4 is 10.6 Å². The molecule has 0 radical (unpaired) electrons. The van der Waals surface area contributed by atoms with E-state index in [0.717, 1.165) is 40.2 Å². The van der Waals surface area contributed by atoms with E-state index in [-0.39, 0.29) is 18.1 Å². The molecular formula is C24H19F3N6O. The maximum absolute atomic E-state index is 12.6. The lowest BCUT2D eigenvalue weighted by Gasteiger charge is -2.08. The van der Waals surface area contributed by atoms with Gasteiger partial charge >= 0.3 is 6.18 Å². The van der Waals surface area contributed by atoms with Gasteiger partial charge in [0.1, 0.15) is 5.82 Å². The number of anilines is 3. The van der Waals surface area contributed by atoms with Gasteiger partial charge in [-0.25, -0.2) is 15.0 Å². The third-order valence-corrected chi connectivity index (χ3v) is 4.83. The van der Waals surface area contributed by atoms with Gasteiger partial charge in [0.05, 0.1) is 23.9 Å². The molecule has 0 unspecified atom stereocenters. The fourth-order valence-electron chi connectivity index (χ4n) is 3.04. The Morgan fingerprint density at radius 3 is 2.15 bits per heavy atom. The lowest BCUT2D eigenvalue weighted by Crippen LogP contribution is -2.15. The average Bonchev–Trinajstić information content (AvgIpc) is 2.81. The molecule has 3 aromatic heterocycles. The van der Waals surface area contributed by atoms with Gasteiger partial charge in [-0.3, -0.25) is 9.78 Å². The molecular weight excluding hydrogens is 445 g/mol. The zero-order valence-corrected chi connectivity index (χ0v) is 18.0. The molecule has 1 aromatic carbocycles. The highest BCUT2D eigenvalue weighted by molar-refractivity contribution is 5.91. The van der Waals surface area contributed by atoms with Gasteiger partial charge < -0.3 is 10.6 Å². The van der Waals surface area contributed by atoms with Gasteiger partial charge in [-0.15, -0.1) is 0 Å². The molecule has 0 aliphatic rings. The van der Waals surface area contributed by atoms with Gasteiger partial charge in [0, 0.05) is 29.8 Å². The lowest BCUT2D eigenvalue weighted by molar-refractivity contribution is -0.137. The first-order valence-electron chi connectivity index (χ1n) is 10.2. The lowest BCUT2D eigenvalue weighted by atomic mass is 10.1. The van der Waals surface area contributed by atoms with Gasteiger partial charge in [-0.1, -0.05) is 24.3 Å². The van der Waals surface area contributed by atoms with Crippen LogP contribution in [0.3, 0.4) is 0 Å². The van der Waals surface area contributed by atoms with E-state index in [1.54, 1.807) is 30.7 Å². The Morgan fingerprint density at radius 2 is 1.56 bits per heavy atom. The number of nitrogens with zero attached hydrogens (tertiary/aromatic N) is 4. The Labute approximate surface area is 193 Å². The number of aryl methyl sites for hydroxylation is 1. The van der Waals surface area contributed by atoms with Gasteiger partial charge in [-0.05, 0) is 42.3 Å². The van der Waals surface area contributed by atoms with Crippen LogP contribution in [0.4, 0.5) is 30.6 Å². The minimum absolute atomic E-state index is 0.0485. The van der Waals surface area contributed by atoms with E-state index in [2.05, 4.69) is 30.6 Å². The van der Waals surface area contributed by atoms with E-state index >= 15 is 0 Å². The zero-order valence-electron chi connectivity index (χ0n) is 18.0. The van der Waals surface area contributed by atoms with Crippen LogP contribution >= 0.6 is 0 Å². The topological polar surface area (TPSA) is 92.7 Å². The summed E-state index contributed by atoms with van der Waals surface area (Å²) in [5.41, 5.74) is 3.24. The van der Waals surface area contributed by atoms with Gasteiger partial charge in [0.25, 0.3) is 0 Å². The average molecular weight is 464 g/mol. The number of carbonyl (C=O) groups excluding carboxylic acids is 1. The van der Waals surface area contributed by atoms with Crippen molar-refractivity contribution in [1.82, 2.24) is 19.9 Å². The maximum atomic E-state index is 12.6. The Hall–Kier alpha value is -4.34. The van der Waals surface area contributed by atoms with Crippen LogP contribution in [0.5, 0.6) is 0 Å². The van der Waals surface area contributed by atoms with E-state index in [0.29, 0.717) is 12.1 Å². The quantitative estimate of drug-likeness (QED) is 0.408. The highest BCUT2D eigenvalue weighted by Crippen LogP contribution is 2.29. The molecule has 0 fully saturated rings. The highest BCUT2D eigenvalue weighted by atomic mass is 19.4.